The molecule has 1 heterocycles. The molecular weight excluding hydrogens is 364 g/mol. The van der Waals surface area contributed by atoms with Crippen molar-refractivity contribution in [2.45, 2.75) is 38.1 Å². The van der Waals surface area contributed by atoms with Gasteiger partial charge in [-0.1, -0.05) is 12.5 Å². The van der Waals surface area contributed by atoms with Gasteiger partial charge in [-0.25, -0.2) is 0 Å². The van der Waals surface area contributed by atoms with Crippen LogP contribution in [0.5, 0.6) is 0 Å². The van der Waals surface area contributed by atoms with Crippen LogP contribution >= 0.6 is 0 Å². The number of benzene rings is 1. The second-order valence-corrected chi connectivity index (χ2v) is 7.98. The summed E-state index contributed by atoms with van der Waals surface area (Å²) in [5.41, 5.74) is 10.9. The fourth-order valence-electron chi connectivity index (χ4n) is 4.16. The molecule has 3 rings (SSSR count). The van der Waals surface area contributed by atoms with Gasteiger partial charge in [-0.3, -0.25) is 4.79 Å². The largest absolute Gasteiger partial charge is 0.481 e. The van der Waals surface area contributed by atoms with Crippen molar-refractivity contribution in [2.24, 2.45) is 0 Å². The highest BCUT2D eigenvalue weighted by Crippen LogP contribution is 2.47. The maximum absolute atomic E-state index is 10.8. The highest BCUT2D eigenvalue weighted by Gasteiger charge is 2.42. The van der Waals surface area contributed by atoms with Gasteiger partial charge in [0.25, 0.3) is 0 Å². The first kappa shape index (κ1) is 20.5. The number of likely N-dealkylation sites (N-methyl/N-ethyl adjacent to an activating group) is 1. The van der Waals surface area contributed by atoms with Crippen LogP contribution in [0.2, 0.25) is 0 Å². The van der Waals surface area contributed by atoms with E-state index in [4.69, 9.17) is 10.8 Å². The summed E-state index contributed by atoms with van der Waals surface area (Å²) in [4.78, 5) is 15.2. The summed E-state index contributed by atoms with van der Waals surface area (Å²) in [7, 11) is 4.01. The van der Waals surface area contributed by atoms with Crippen molar-refractivity contribution in [3.63, 3.8) is 0 Å². The van der Waals surface area contributed by atoms with Gasteiger partial charge in [-0.05, 0) is 55.7 Å². The molecule has 0 amide bonds. The summed E-state index contributed by atoms with van der Waals surface area (Å²) >= 11 is 0. The number of carboxylic acids is 1. The number of fused-ring (bicyclic) bond motifs is 2. The molecule has 1 aromatic carbocycles. The molecule has 29 heavy (non-hydrogen) atoms. The number of unbranched alkanes of at least 4 members (excludes halogenated alkanes) is 2. The second kappa shape index (κ2) is 8.04. The number of nitriles is 1. The van der Waals surface area contributed by atoms with Crippen LogP contribution in [0.25, 0.3) is 5.57 Å². The number of hydrogen-bond donors (Lipinski definition) is 2. The third-order valence-corrected chi connectivity index (χ3v) is 5.71. The van der Waals surface area contributed by atoms with E-state index >= 15 is 0 Å². The fourth-order valence-corrected chi connectivity index (χ4v) is 4.16. The van der Waals surface area contributed by atoms with E-state index in [1.165, 1.54) is 0 Å². The Bertz CT molecular complexity index is 952. The van der Waals surface area contributed by atoms with Gasteiger partial charge in [0.05, 0.1) is 11.1 Å². The van der Waals surface area contributed by atoms with Gasteiger partial charge < -0.3 is 20.6 Å². The molecule has 2 aliphatic rings. The summed E-state index contributed by atoms with van der Waals surface area (Å²) in [6.45, 7) is 2.88. The molecule has 0 fully saturated rings. The van der Waals surface area contributed by atoms with Gasteiger partial charge >= 0.3 is 5.97 Å². The molecule has 0 saturated heterocycles. The average molecular weight is 393 g/mol. The fraction of sp³-hybridized carbons (Fsp3) is 0.391. The van der Waals surface area contributed by atoms with E-state index in [1.54, 1.807) is 0 Å². The second-order valence-electron chi connectivity index (χ2n) is 7.98. The minimum Gasteiger partial charge on any atom is -0.481 e. The predicted octanol–water partition coefficient (Wildman–Crippen LogP) is 3.78. The molecule has 0 aromatic heterocycles. The Morgan fingerprint density at radius 1 is 1.28 bits per heavy atom. The van der Waals surface area contributed by atoms with Gasteiger partial charge in [0.2, 0.25) is 0 Å². The monoisotopic (exact) mass is 392 g/mol. The standard InChI is InChI=1S/C23H28N4O2/c1-23-14-17(26(2)3)9-11-20(23)19(15-24)18-10-8-16(25)13-21(18)27(23)12-6-4-5-7-22(28)29/h8-11,13-14H,4-7,12,25H2,1-3H3,(H,28,29). The summed E-state index contributed by atoms with van der Waals surface area (Å²) < 4.78 is 0. The number of allylic oxidation sites excluding steroid dienone is 2. The zero-order valence-corrected chi connectivity index (χ0v) is 17.3. The van der Waals surface area contributed by atoms with Gasteiger partial charge in [-0.15, -0.1) is 0 Å². The number of hydrogen-bond acceptors (Lipinski definition) is 5. The Morgan fingerprint density at radius 3 is 2.69 bits per heavy atom. The first-order valence-electron chi connectivity index (χ1n) is 9.90. The summed E-state index contributed by atoms with van der Waals surface area (Å²) in [6, 6.07) is 8.10. The minimum atomic E-state index is -0.757. The van der Waals surface area contributed by atoms with Gasteiger partial charge in [-0.2, -0.15) is 5.26 Å². The number of nitrogens with zero attached hydrogens (tertiary/aromatic N) is 3. The van der Waals surface area contributed by atoms with Crippen LogP contribution in [0.4, 0.5) is 11.4 Å². The van der Waals surface area contributed by atoms with Crippen LogP contribution in [-0.4, -0.2) is 42.2 Å². The van der Waals surface area contributed by atoms with Crippen molar-refractivity contribution < 1.29 is 9.90 Å². The number of anilines is 2. The maximum Gasteiger partial charge on any atom is 0.303 e. The lowest BCUT2D eigenvalue weighted by Gasteiger charge is -2.48. The third-order valence-electron chi connectivity index (χ3n) is 5.71. The minimum absolute atomic E-state index is 0.192. The number of nitrogens with two attached hydrogens (primary N) is 1. The summed E-state index contributed by atoms with van der Waals surface area (Å²) in [5.74, 6) is -0.757. The molecule has 0 radical (unpaired) electrons. The van der Waals surface area contributed by atoms with Gasteiger partial charge in [0.15, 0.2) is 0 Å². The topological polar surface area (TPSA) is 93.6 Å². The zero-order valence-electron chi connectivity index (χ0n) is 17.3. The smallest absolute Gasteiger partial charge is 0.303 e. The molecule has 6 heteroatoms. The van der Waals surface area contributed by atoms with E-state index in [-0.39, 0.29) is 6.42 Å². The lowest BCUT2D eigenvalue weighted by molar-refractivity contribution is -0.137. The van der Waals surface area contributed by atoms with Gasteiger partial charge in [0, 0.05) is 49.7 Å². The van der Waals surface area contributed by atoms with Crippen molar-refractivity contribution >= 4 is 22.9 Å². The normalized spacial score (nSPS) is 19.9. The molecule has 0 bridgehead atoms. The molecule has 0 saturated carbocycles. The van der Waals surface area contributed by atoms with Gasteiger partial charge in [0.1, 0.15) is 6.07 Å². The molecule has 152 valence electrons. The summed E-state index contributed by atoms with van der Waals surface area (Å²) in [5, 5.41) is 18.8. The molecule has 1 aliphatic heterocycles. The molecule has 3 N–H and O–H groups in total. The SMILES string of the molecule is CN(C)C1=CC2(C)C(=C(C#N)c3ccc(N)cc3N2CCCCCC(=O)O)C=C1. The number of nitrogen functional groups attached to an aromatic ring is 1. The first-order chi connectivity index (χ1) is 13.8. The van der Waals surface area contributed by atoms with E-state index in [0.717, 1.165) is 41.9 Å². The lowest BCUT2D eigenvalue weighted by Crippen LogP contribution is -2.51. The Morgan fingerprint density at radius 2 is 2.03 bits per heavy atom. The van der Waals surface area contributed by atoms with Crippen LogP contribution < -0.4 is 10.6 Å². The van der Waals surface area contributed by atoms with Crippen molar-refractivity contribution in [1.82, 2.24) is 4.90 Å². The van der Waals surface area contributed by atoms with E-state index in [1.807, 2.05) is 44.4 Å². The van der Waals surface area contributed by atoms with Crippen molar-refractivity contribution in [1.29, 1.82) is 5.26 Å². The van der Waals surface area contributed by atoms with E-state index < -0.39 is 11.5 Å². The predicted molar refractivity (Wildman–Crippen MR) is 116 cm³/mol. The maximum atomic E-state index is 10.8. The molecule has 0 spiro atoms. The number of carboxylic acid groups (broad SMARTS) is 1. The van der Waals surface area contributed by atoms with Crippen LogP contribution in [0.3, 0.4) is 0 Å². The number of aliphatic carboxylic acids is 1. The average Bonchev–Trinajstić information content (AvgIpc) is 2.66. The van der Waals surface area contributed by atoms with Crippen LogP contribution in [0.1, 0.15) is 38.2 Å². The van der Waals surface area contributed by atoms with E-state index in [2.05, 4.69) is 28.9 Å². The molecule has 1 aromatic rings. The molecule has 1 atom stereocenters. The van der Waals surface area contributed by atoms with E-state index in [0.29, 0.717) is 17.7 Å². The third kappa shape index (κ3) is 3.86. The molecule has 1 aliphatic carbocycles. The highest BCUT2D eigenvalue weighted by molar-refractivity contribution is 5.94. The van der Waals surface area contributed by atoms with Crippen LogP contribution in [0, 0.1) is 11.3 Å². The number of carbonyl (C=O) groups is 1. The van der Waals surface area contributed by atoms with Crippen LogP contribution in [-0.2, 0) is 4.79 Å². The Labute approximate surface area is 172 Å². The lowest BCUT2D eigenvalue weighted by atomic mass is 9.76. The quantitative estimate of drug-likeness (QED) is 0.542. The zero-order chi connectivity index (χ0) is 21.2. The number of rotatable bonds is 7. The van der Waals surface area contributed by atoms with Crippen molar-refractivity contribution in [2.75, 3.05) is 31.3 Å². The molecule has 6 nitrogen and oxygen atoms in total. The van der Waals surface area contributed by atoms with E-state index in [9.17, 15) is 10.1 Å². The first-order valence-corrected chi connectivity index (χ1v) is 9.90. The Balaban J connectivity index is 2.03. The van der Waals surface area contributed by atoms with Crippen molar-refractivity contribution in [3.8, 4) is 6.07 Å². The summed E-state index contributed by atoms with van der Waals surface area (Å²) in [6.07, 6.45) is 8.84. The highest BCUT2D eigenvalue weighted by atomic mass is 16.4. The molecular formula is C23H28N4O2. The molecule has 1 unspecified atom stereocenters. The Kier molecular flexibility index (Phi) is 5.69. The van der Waals surface area contributed by atoms with Crippen LogP contribution in [0.15, 0.2) is 47.7 Å². The Hall–Kier alpha value is -3.20. The van der Waals surface area contributed by atoms with Crippen molar-refractivity contribution in [3.05, 3.63) is 53.3 Å².